The Bertz CT molecular complexity index is 497. The first-order valence-corrected chi connectivity index (χ1v) is 5.07. The van der Waals surface area contributed by atoms with Crippen LogP contribution in [-0.2, 0) is 5.41 Å². The maximum atomic E-state index is 10.1. The average molecular weight is 201 g/mol. The highest BCUT2D eigenvalue weighted by Gasteiger charge is 2.19. The number of nitrogens with zero attached hydrogens (tertiary/aromatic N) is 1. The average Bonchev–Trinajstić information content (AvgIpc) is 2.16. The van der Waals surface area contributed by atoms with E-state index in [-0.39, 0.29) is 5.41 Å². The van der Waals surface area contributed by atoms with Crippen LogP contribution in [-0.4, -0.2) is 10.1 Å². The van der Waals surface area contributed by atoms with Gasteiger partial charge in [0, 0.05) is 17.1 Å². The molecule has 0 radical (unpaired) electrons. The van der Waals surface area contributed by atoms with Gasteiger partial charge in [-0.1, -0.05) is 39.0 Å². The molecule has 2 rings (SSSR count). The highest BCUT2D eigenvalue weighted by Crippen LogP contribution is 2.34. The van der Waals surface area contributed by atoms with Crippen LogP contribution in [0.25, 0.3) is 10.9 Å². The summed E-state index contributed by atoms with van der Waals surface area (Å²) in [7, 11) is 0. The minimum atomic E-state index is -0.0597. The Labute approximate surface area is 89.6 Å². The minimum absolute atomic E-state index is 0.0597. The van der Waals surface area contributed by atoms with Crippen molar-refractivity contribution in [2.75, 3.05) is 0 Å². The number of pyridine rings is 1. The lowest BCUT2D eigenvalue weighted by molar-refractivity contribution is 0.451. The van der Waals surface area contributed by atoms with Crippen LogP contribution >= 0.6 is 0 Å². The van der Waals surface area contributed by atoms with Gasteiger partial charge < -0.3 is 5.11 Å². The van der Waals surface area contributed by atoms with E-state index in [9.17, 15) is 5.11 Å². The molecule has 0 aliphatic rings. The van der Waals surface area contributed by atoms with Gasteiger partial charge in [-0.3, -0.25) is 4.98 Å². The molecular formula is C13H15NO. The molecule has 15 heavy (non-hydrogen) atoms. The second-order valence-electron chi connectivity index (χ2n) is 4.79. The molecule has 2 aromatic rings. The van der Waals surface area contributed by atoms with Crippen molar-refractivity contribution >= 4 is 10.9 Å². The van der Waals surface area contributed by atoms with Crippen LogP contribution in [0.15, 0.2) is 30.5 Å². The zero-order chi connectivity index (χ0) is 11.1. The number of aromatic nitrogens is 1. The van der Waals surface area contributed by atoms with Gasteiger partial charge in [-0.15, -0.1) is 0 Å². The van der Waals surface area contributed by atoms with Crippen molar-refractivity contribution in [2.45, 2.75) is 26.2 Å². The highest BCUT2D eigenvalue weighted by atomic mass is 16.3. The fraction of sp³-hybridized carbons (Fsp3) is 0.308. The zero-order valence-electron chi connectivity index (χ0n) is 9.28. The van der Waals surface area contributed by atoms with Gasteiger partial charge in [0.2, 0.25) is 0 Å². The van der Waals surface area contributed by atoms with Gasteiger partial charge in [-0.25, -0.2) is 0 Å². The summed E-state index contributed by atoms with van der Waals surface area (Å²) < 4.78 is 0. The van der Waals surface area contributed by atoms with Crippen LogP contribution < -0.4 is 0 Å². The Kier molecular flexibility index (Phi) is 2.14. The number of fused-ring (bicyclic) bond motifs is 1. The van der Waals surface area contributed by atoms with Gasteiger partial charge in [0.15, 0.2) is 0 Å². The smallest absolute Gasteiger partial charge is 0.145 e. The highest BCUT2D eigenvalue weighted by molar-refractivity contribution is 5.85. The molecule has 0 unspecified atom stereocenters. The molecule has 0 atom stereocenters. The Morgan fingerprint density at radius 3 is 2.53 bits per heavy atom. The third-order valence-corrected chi connectivity index (χ3v) is 2.56. The first kappa shape index (κ1) is 9.97. The molecule has 1 aromatic carbocycles. The molecule has 0 aliphatic heterocycles. The summed E-state index contributed by atoms with van der Waals surface area (Å²) in [6.45, 7) is 6.24. The Morgan fingerprint density at radius 2 is 1.87 bits per heavy atom. The molecule has 2 heteroatoms. The SMILES string of the molecule is CC(C)(C)c1ccc2cccnc2c1O. The van der Waals surface area contributed by atoms with Crippen LogP contribution in [0.4, 0.5) is 0 Å². The van der Waals surface area contributed by atoms with Crippen LogP contribution in [0, 0.1) is 0 Å². The molecule has 0 saturated heterocycles. The van der Waals surface area contributed by atoms with E-state index >= 15 is 0 Å². The maximum absolute atomic E-state index is 10.1. The molecule has 0 amide bonds. The second kappa shape index (κ2) is 3.23. The van der Waals surface area contributed by atoms with Crippen LogP contribution in [0.3, 0.4) is 0 Å². The van der Waals surface area contributed by atoms with Crippen molar-refractivity contribution in [3.05, 3.63) is 36.0 Å². The normalized spacial score (nSPS) is 11.9. The molecule has 1 N–H and O–H groups in total. The van der Waals surface area contributed by atoms with Crippen molar-refractivity contribution in [3.63, 3.8) is 0 Å². The lowest BCUT2D eigenvalue weighted by Crippen LogP contribution is -2.11. The van der Waals surface area contributed by atoms with Gasteiger partial charge in [0.1, 0.15) is 11.3 Å². The number of rotatable bonds is 0. The summed E-state index contributed by atoms with van der Waals surface area (Å²) in [4.78, 5) is 4.20. The van der Waals surface area contributed by atoms with Gasteiger partial charge in [0.25, 0.3) is 0 Å². The van der Waals surface area contributed by atoms with Crippen LogP contribution in [0.5, 0.6) is 5.75 Å². The predicted molar refractivity (Wildman–Crippen MR) is 62.1 cm³/mol. The number of phenolic OH excluding ortho intramolecular Hbond substituents is 1. The van der Waals surface area contributed by atoms with Crippen molar-refractivity contribution in [1.29, 1.82) is 0 Å². The van der Waals surface area contributed by atoms with E-state index in [1.165, 1.54) is 0 Å². The molecule has 78 valence electrons. The molecule has 0 aliphatic carbocycles. The summed E-state index contributed by atoms with van der Waals surface area (Å²) in [5.41, 5.74) is 1.56. The molecule has 0 bridgehead atoms. The molecule has 1 heterocycles. The lowest BCUT2D eigenvalue weighted by atomic mass is 9.85. The molecule has 1 aromatic heterocycles. The Morgan fingerprint density at radius 1 is 1.13 bits per heavy atom. The zero-order valence-corrected chi connectivity index (χ0v) is 9.28. The van der Waals surface area contributed by atoms with Gasteiger partial charge in [-0.2, -0.15) is 0 Å². The fourth-order valence-electron chi connectivity index (χ4n) is 1.73. The third kappa shape index (κ3) is 1.67. The van der Waals surface area contributed by atoms with E-state index in [0.29, 0.717) is 11.3 Å². The van der Waals surface area contributed by atoms with Crippen LogP contribution in [0.1, 0.15) is 26.3 Å². The monoisotopic (exact) mass is 201 g/mol. The summed E-state index contributed by atoms with van der Waals surface area (Å²) in [6.07, 6.45) is 1.70. The van der Waals surface area contributed by atoms with E-state index in [1.54, 1.807) is 6.20 Å². The Hall–Kier alpha value is -1.57. The topological polar surface area (TPSA) is 33.1 Å². The van der Waals surface area contributed by atoms with E-state index in [0.717, 1.165) is 10.9 Å². The number of benzene rings is 1. The van der Waals surface area contributed by atoms with Gasteiger partial charge in [-0.05, 0) is 11.5 Å². The summed E-state index contributed by atoms with van der Waals surface area (Å²) in [5, 5.41) is 11.1. The van der Waals surface area contributed by atoms with E-state index < -0.39 is 0 Å². The molecule has 0 spiro atoms. The van der Waals surface area contributed by atoms with E-state index in [4.69, 9.17) is 0 Å². The molecule has 0 fully saturated rings. The number of aromatic hydroxyl groups is 1. The number of hydrogen-bond donors (Lipinski definition) is 1. The summed E-state index contributed by atoms with van der Waals surface area (Å²) in [5.74, 6) is 0.306. The summed E-state index contributed by atoms with van der Waals surface area (Å²) in [6, 6.07) is 7.80. The van der Waals surface area contributed by atoms with E-state index in [2.05, 4.69) is 25.8 Å². The number of hydrogen-bond acceptors (Lipinski definition) is 2. The largest absolute Gasteiger partial charge is 0.505 e. The standard InChI is InChI=1S/C13H15NO/c1-13(2,3)10-7-6-9-5-4-8-14-11(9)12(10)15/h4-8,15H,1-3H3. The molecule has 0 saturated carbocycles. The quantitative estimate of drug-likeness (QED) is 0.709. The Balaban J connectivity index is 2.76. The first-order valence-electron chi connectivity index (χ1n) is 5.07. The summed E-state index contributed by atoms with van der Waals surface area (Å²) >= 11 is 0. The second-order valence-corrected chi connectivity index (χ2v) is 4.79. The van der Waals surface area contributed by atoms with Crippen LogP contribution in [0.2, 0.25) is 0 Å². The lowest BCUT2D eigenvalue weighted by Gasteiger charge is -2.20. The molecule has 2 nitrogen and oxygen atoms in total. The minimum Gasteiger partial charge on any atom is -0.505 e. The third-order valence-electron chi connectivity index (χ3n) is 2.56. The van der Waals surface area contributed by atoms with Crippen molar-refractivity contribution < 1.29 is 5.11 Å². The van der Waals surface area contributed by atoms with Crippen molar-refractivity contribution in [2.24, 2.45) is 0 Å². The van der Waals surface area contributed by atoms with Gasteiger partial charge >= 0.3 is 0 Å². The van der Waals surface area contributed by atoms with E-state index in [1.807, 2.05) is 24.3 Å². The molecular weight excluding hydrogens is 186 g/mol. The first-order chi connectivity index (χ1) is 7.00. The van der Waals surface area contributed by atoms with Crippen molar-refractivity contribution in [1.82, 2.24) is 4.98 Å². The van der Waals surface area contributed by atoms with Gasteiger partial charge in [0.05, 0.1) is 0 Å². The predicted octanol–water partition coefficient (Wildman–Crippen LogP) is 3.24. The van der Waals surface area contributed by atoms with Crippen molar-refractivity contribution in [3.8, 4) is 5.75 Å². The fourth-order valence-corrected chi connectivity index (χ4v) is 1.73. The maximum Gasteiger partial charge on any atom is 0.145 e. The number of phenols is 1.